The molecule has 1 aromatic heterocycles. The van der Waals surface area contributed by atoms with E-state index in [0.717, 1.165) is 12.1 Å². The van der Waals surface area contributed by atoms with E-state index in [1.165, 1.54) is 11.0 Å². The Bertz CT molecular complexity index is 1390. The fourth-order valence-electron chi connectivity index (χ4n) is 5.56. The summed E-state index contributed by atoms with van der Waals surface area (Å²) < 4.78 is 14.3. The van der Waals surface area contributed by atoms with Crippen LogP contribution in [0.25, 0.3) is 10.9 Å². The number of aromatic hydroxyl groups is 1. The minimum absolute atomic E-state index is 0.00937. The minimum atomic E-state index is -1.15. The molecule has 2 N–H and O–H groups in total. The monoisotopic (exact) mass is 510 g/mol. The SMILES string of the molecule is C=CCN(C)CCCN1C(=O)N2[C@H](c3cccc(O)c3)c3[nH]c4cc(F)c(Cl)cc4c3C[C@@]2(C)C1=O. The van der Waals surface area contributed by atoms with Gasteiger partial charge in [-0.15, -0.1) is 6.58 Å². The molecule has 3 amide bonds. The second kappa shape index (κ2) is 8.94. The van der Waals surface area contributed by atoms with Gasteiger partial charge in [-0.25, -0.2) is 9.18 Å². The van der Waals surface area contributed by atoms with Crippen molar-refractivity contribution < 1.29 is 19.1 Å². The maximum Gasteiger partial charge on any atom is 0.328 e. The Balaban J connectivity index is 1.60. The number of H-pyrrole nitrogens is 1. The Kier molecular flexibility index (Phi) is 6.04. The molecule has 0 radical (unpaired) electrons. The summed E-state index contributed by atoms with van der Waals surface area (Å²) in [7, 11) is 1.96. The van der Waals surface area contributed by atoms with Gasteiger partial charge < -0.3 is 15.0 Å². The molecule has 0 spiro atoms. The number of rotatable bonds is 7. The van der Waals surface area contributed by atoms with E-state index >= 15 is 0 Å². The van der Waals surface area contributed by atoms with Crippen molar-refractivity contribution in [3.63, 3.8) is 0 Å². The standard InChI is InChI=1S/C27H28ClFN4O3/c1-4-9-31(3)10-6-11-32-25(35)27(2)15-19-18-13-20(28)21(29)14-22(18)30-23(19)24(33(27)26(32)36)16-7-5-8-17(34)12-16/h4-5,7-8,12-14,24,30,34H,1,6,9-11,15H2,2-3H3/t24-,27+/m1/s1. The van der Waals surface area contributed by atoms with E-state index in [9.17, 15) is 19.1 Å². The molecular weight excluding hydrogens is 483 g/mol. The first-order valence-electron chi connectivity index (χ1n) is 11.9. The van der Waals surface area contributed by atoms with Crippen molar-refractivity contribution in [3.8, 4) is 5.75 Å². The summed E-state index contributed by atoms with van der Waals surface area (Å²) >= 11 is 6.12. The Hall–Kier alpha value is -3.36. The molecule has 0 saturated carbocycles. The van der Waals surface area contributed by atoms with Crippen LogP contribution in [0.2, 0.25) is 5.02 Å². The average Bonchev–Trinajstić information content (AvgIpc) is 3.25. The molecule has 0 aliphatic carbocycles. The van der Waals surface area contributed by atoms with Gasteiger partial charge in [-0.1, -0.05) is 29.8 Å². The van der Waals surface area contributed by atoms with Crippen molar-refractivity contribution in [1.29, 1.82) is 0 Å². The number of hydrogen-bond acceptors (Lipinski definition) is 4. The molecule has 2 aliphatic rings. The summed E-state index contributed by atoms with van der Waals surface area (Å²) in [5.41, 5.74) is 1.53. The number of amides is 3. The first-order valence-corrected chi connectivity index (χ1v) is 12.3. The zero-order valence-electron chi connectivity index (χ0n) is 20.2. The highest BCUT2D eigenvalue weighted by Crippen LogP contribution is 2.49. The van der Waals surface area contributed by atoms with Gasteiger partial charge in [0.2, 0.25) is 0 Å². The first kappa shape index (κ1) is 24.3. The lowest BCUT2D eigenvalue weighted by molar-refractivity contribution is -0.133. The molecule has 9 heteroatoms. The van der Waals surface area contributed by atoms with E-state index in [0.29, 0.717) is 41.7 Å². The summed E-state index contributed by atoms with van der Waals surface area (Å²) in [6.45, 7) is 7.24. The average molecular weight is 511 g/mol. The van der Waals surface area contributed by atoms with Crippen molar-refractivity contribution in [2.75, 3.05) is 26.7 Å². The molecule has 3 aromatic rings. The van der Waals surface area contributed by atoms with Gasteiger partial charge in [0, 0.05) is 36.1 Å². The lowest BCUT2D eigenvalue weighted by Gasteiger charge is -2.42. The molecule has 0 bridgehead atoms. The van der Waals surface area contributed by atoms with Crippen LogP contribution >= 0.6 is 11.6 Å². The van der Waals surface area contributed by atoms with E-state index in [4.69, 9.17) is 11.6 Å². The fourth-order valence-corrected chi connectivity index (χ4v) is 5.72. The molecule has 1 saturated heterocycles. The third-order valence-corrected chi connectivity index (χ3v) is 7.55. The number of carbonyl (C=O) groups is 2. The van der Waals surface area contributed by atoms with Crippen molar-refractivity contribution in [2.24, 2.45) is 0 Å². The summed E-state index contributed by atoms with van der Waals surface area (Å²) in [5, 5.41) is 10.9. The number of nitrogens with one attached hydrogen (secondary N) is 1. The fraction of sp³-hybridized carbons (Fsp3) is 0.333. The summed E-state index contributed by atoms with van der Waals surface area (Å²) in [6.07, 6.45) is 2.70. The Morgan fingerprint density at radius 2 is 2.11 bits per heavy atom. The van der Waals surface area contributed by atoms with Crippen LogP contribution in [0.4, 0.5) is 9.18 Å². The molecule has 3 heterocycles. The smallest absolute Gasteiger partial charge is 0.328 e. The normalized spacial score (nSPS) is 21.4. The number of likely N-dealkylation sites (N-methyl/N-ethyl adjacent to an activating group) is 1. The van der Waals surface area contributed by atoms with Crippen molar-refractivity contribution in [2.45, 2.75) is 31.3 Å². The number of phenols is 1. The van der Waals surface area contributed by atoms with Crippen LogP contribution in [0.3, 0.4) is 0 Å². The number of aromatic nitrogens is 1. The second-order valence-electron chi connectivity index (χ2n) is 9.79. The van der Waals surface area contributed by atoms with Crippen LogP contribution < -0.4 is 0 Å². The van der Waals surface area contributed by atoms with E-state index in [1.54, 1.807) is 36.1 Å². The predicted molar refractivity (Wildman–Crippen MR) is 137 cm³/mol. The van der Waals surface area contributed by atoms with Crippen LogP contribution in [0.5, 0.6) is 5.75 Å². The van der Waals surface area contributed by atoms with Crippen LogP contribution in [-0.2, 0) is 11.2 Å². The van der Waals surface area contributed by atoms with Crippen LogP contribution in [-0.4, -0.2) is 68.9 Å². The molecule has 2 atom stereocenters. The zero-order chi connectivity index (χ0) is 25.8. The number of aromatic amines is 1. The number of carbonyl (C=O) groups excluding carboxylic acids is 2. The molecule has 5 rings (SSSR count). The number of fused-ring (bicyclic) bond motifs is 4. The lowest BCUT2D eigenvalue weighted by atomic mass is 9.81. The third kappa shape index (κ3) is 3.76. The van der Waals surface area contributed by atoms with Gasteiger partial charge in [0.1, 0.15) is 23.1 Å². The van der Waals surface area contributed by atoms with Gasteiger partial charge in [0.15, 0.2) is 0 Å². The highest BCUT2D eigenvalue weighted by atomic mass is 35.5. The van der Waals surface area contributed by atoms with Gasteiger partial charge in [-0.3, -0.25) is 14.6 Å². The molecule has 2 aromatic carbocycles. The highest BCUT2D eigenvalue weighted by molar-refractivity contribution is 6.31. The Morgan fingerprint density at radius 3 is 2.83 bits per heavy atom. The Labute approximate surface area is 213 Å². The van der Waals surface area contributed by atoms with E-state index in [1.807, 2.05) is 19.2 Å². The molecule has 7 nitrogen and oxygen atoms in total. The van der Waals surface area contributed by atoms with Gasteiger partial charge >= 0.3 is 6.03 Å². The van der Waals surface area contributed by atoms with Crippen LogP contribution in [0, 0.1) is 5.82 Å². The van der Waals surface area contributed by atoms with Gasteiger partial charge in [0.05, 0.1) is 5.02 Å². The van der Waals surface area contributed by atoms with Crippen LogP contribution in [0.15, 0.2) is 49.1 Å². The first-order chi connectivity index (χ1) is 17.2. The number of imide groups is 1. The van der Waals surface area contributed by atoms with Gasteiger partial charge in [-0.2, -0.15) is 0 Å². The summed E-state index contributed by atoms with van der Waals surface area (Å²) in [5.74, 6) is -0.771. The third-order valence-electron chi connectivity index (χ3n) is 7.26. The van der Waals surface area contributed by atoms with Crippen molar-refractivity contribution in [1.82, 2.24) is 19.7 Å². The molecule has 36 heavy (non-hydrogen) atoms. The molecule has 0 unspecified atom stereocenters. The Morgan fingerprint density at radius 1 is 1.33 bits per heavy atom. The largest absolute Gasteiger partial charge is 0.508 e. The second-order valence-corrected chi connectivity index (χ2v) is 10.2. The molecular formula is C27H28ClFN4O3. The maximum atomic E-state index is 14.3. The van der Waals surface area contributed by atoms with Gasteiger partial charge in [-0.05, 0) is 62.3 Å². The number of benzene rings is 2. The molecule has 1 fully saturated rings. The predicted octanol–water partition coefficient (Wildman–Crippen LogP) is 4.84. The number of urea groups is 1. The van der Waals surface area contributed by atoms with Gasteiger partial charge in [0.25, 0.3) is 5.91 Å². The summed E-state index contributed by atoms with van der Waals surface area (Å²) in [4.78, 5) is 35.9. The number of halogens is 2. The summed E-state index contributed by atoms with van der Waals surface area (Å²) in [6, 6.07) is 8.49. The van der Waals surface area contributed by atoms with E-state index < -0.39 is 17.4 Å². The van der Waals surface area contributed by atoms with Crippen LogP contribution in [0.1, 0.15) is 36.2 Å². The maximum absolute atomic E-state index is 14.3. The zero-order valence-corrected chi connectivity index (χ0v) is 21.0. The van der Waals surface area contributed by atoms with E-state index in [-0.39, 0.29) is 29.1 Å². The number of nitrogens with zero attached hydrogens (tertiary/aromatic N) is 3. The van der Waals surface area contributed by atoms with Crippen molar-refractivity contribution in [3.05, 3.63) is 76.7 Å². The van der Waals surface area contributed by atoms with Crippen molar-refractivity contribution >= 4 is 34.4 Å². The van der Waals surface area contributed by atoms with E-state index in [2.05, 4.69) is 16.5 Å². The topological polar surface area (TPSA) is 79.9 Å². The highest BCUT2D eigenvalue weighted by Gasteiger charge is 2.60. The number of phenolic OH excluding ortho intramolecular Hbond substituents is 1. The quantitative estimate of drug-likeness (QED) is 0.352. The molecule has 2 aliphatic heterocycles. The number of hydrogen-bond donors (Lipinski definition) is 2. The minimum Gasteiger partial charge on any atom is -0.508 e. The molecule has 188 valence electrons. The lowest BCUT2D eigenvalue weighted by Crippen LogP contribution is -2.53.